The summed E-state index contributed by atoms with van der Waals surface area (Å²) in [7, 11) is 1.92. The largest absolute Gasteiger partial charge is 0.336 e. The van der Waals surface area contributed by atoms with Crippen molar-refractivity contribution in [2.45, 2.75) is 57.0 Å². The molecule has 2 N–H and O–H groups in total. The molecule has 5 nitrogen and oxygen atoms in total. The van der Waals surface area contributed by atoms with Crippen LogP contribution in [0, 0.1) is 5.92 Å². The Hall–Kier alpha value is -0.780. The third-order valence-corrected chi connectivity index (χ3v) is 5.09. The molecule has 2 fully saturated rings. The van der Waals surface area contributed by atoms with Gasteiger partial charge in [0.15, 0.2) is 0 Å². The van der Waals surface area contributed by atoms with E-state index in [9.17, 15) is 4.79 Å². The van der Waals surface area contributed by atoms with Crippen LogP contribution >= 0.6 is 24.8 Å². The summed E-state index contributed by atoms with van der Waals surface area (Å²) < 4.78 is 1.81. The number of aromatic nitrogens is 2. The minimum absolute atomic E-state index is 0. The molecule has 3 rings (SSSR count). The minimum Gasteiger partial charge on any atom is -0.336 e. The molecule has 2 heterocycles. The van der Waals surface area contributed by atoms with Crippen molar-refractivity contribution in [3.05, 3.63) is 18.0 Å². The van der Waals surface area contributed by atoms with Crippen LogP contribution in [0.15, 0.2) is 12.4 Å². The monoisotopic (exact) mass is 362 g/mol. The highest BCUT2D eigenvalue weighted by atomic mass is 35.5. The van der Waals surface area contributed by atoms with E-state index in [1.807, 2.05) is 24.1 Å². The first-order chi connectivity index (χ1) is 10.1. The number of likely N-dealkylation sites (tertiary alicyclic amines) is 1. The number of halogens is 2. The highest BCUT2D eigenvalue weighted by molar-refractivity contribution is 5.85. The maximum absolute atomic E-state index is 12.7. The minimum atomic E-state index is 0. The van der Waals surface area contributed by atoms with Gasteiger partial charge in [0.1, 0.15) is 0 Å². The Kier molecular flexibility index (Phi) is 7.84. The zero-order valence-corrected chi connectivity index (χ0v) is 15.3. The lowest BCUT2D eigenvalue weighted by atomic mass is 9.82. The van der Waals surface area contributed by atoms with Gasteiger partial charge in [0.05, 0.1) is 12.2 Å². The van der Waals surface area contributed by atoms with Crippen molar-refractivity contribution >= 4 is 30.7 Å². The number of nitrogens with zero attached hydrogens (tertiary/aromatic N) is 3. The number of hydrogen-bond donors (Lipinski definition) is 1. The predicted octanol–water partition coefficient (Wildman–Crippen LogP) is 2.83. The van der Waals surface area contributed by atoms with Gasteiger partial charge in [0.2, 0.25) is 5.91 Å². The average Bonchev–Trinajstić information content (AvgIpc) is 3.09. The van der Waals surface area contributed by atoms with Gasteiger partial charge < -0.3 is 10.6 Å². The van der Waals surface area contributed by atoms with Crippen molar-refractivity contribution in [2.75, 3.05) is 6.54 Å². The Labute approximate surface area is 150 Å². The Balaban J connectivity index is 0.00000132. The van der Waals surface area contributed by atoms with Gasteiger partial charge in [-0.05, 0) is 31.6 Å². The summed E-state index contributed by atoms with van der Waals surface area (Å²) in [5.74, 6) is 0.658. The van der Waals surface area contributed by atoms with Crippen LogP contribution in [0.4, 0.5) is 0 Å². The van der Waals surface area contributed by atoms with Gasteiger partial charge in [-0.3, -0.25) is 9.48 Å². The molecule has 0 spiro atoms. The van der Waals surface area contributed by atoms with Crippen LogP contribution in [-0.4, -0.2) is 33.2 Å². The van der Waals surface area contributed by atoms with Crippen molar-refractivity contribution in [3.8, 4) is 0 Å². The Bertz CT molecular complexity index is 508. The maximum Gasteiger partial charge on any atom is 0.223 e. The molecule has 3 atom stereocenters. The first kappa shape index (κ1) is 20.3. The van der Waals surface area contributed by atoms with Gasteiger partial charge in [-0.15, -0.1) is 24.8 Å². The molecule has 1 saturated heterocycles. The Morgan fingerprint density at radius 2 is 2.00 bits per heavy atom. The number of nitrogens with two attached hydrogens (primary N) is 1. The van der Waals surface area contributed by atoms with E-state index in [-0.39, 0.29) is 42.8 Å². The number of hydrogen-bond acceptors (Lipinski definition) is 3. The lowest BCUT2D eigenvalue weighted by Crippen LogP contribution is -2.38. The standard InChI is InChI=1S/C16H26N4O.2ClH/c1-19-11-13(10-18-19)15-7-4-8-20(15)16(21)9-12-5-2-3-6-14(12)17;;/h10-12,14-15H,2-9,17H2,1H3;2*1H. The zero-order chi connectivity index (χ0) is 14.8. The van der Waals surface area contributed by atoms with Crippen LogP contribution in [0.1, 0.15) is 56.6 Å². The van der Waals surface area contributed by atoms with E-state index in [1.54, 1.807) is 0 Å². The van der Waals surface area contributed by atoms with Crippen LogP contribution in [0.3, 0.4) is 0 Å². The Morgan fingerprint density at radius 3 is 2.65 bits per heavy atom. The molecule has 0 aromatic carbocycles. The molecule has 132 valence electrons. The van der Waals surface area contributed by atoms with Gasteiger partial charge in [-0.25, -0.2) is 0 Å². The first-order valence-electron chi connectivity index (χ1n) is 8.19. The molecule has 0 bridgehead atoms. The SMILES string of the molecule is Cl.Cl.Cn1cc(C2CCCN2C(=O)CC2CCCCC2N)cn1. The fraction of sp³-hybridized carbons (Fsp3) is 0.750. The quantitative estimate of drug-likeness (QED) is 0.898. The van der Waals surface area contributed by atoms with E-state index in [0.717, 1.165) is 37.8 Å². The van der Waals surface area contributed by atoms with Crippen LogP contribution in [0.2, 0.25) is 0 Å². The normalized spacial score (nSPS) is 27.2. The Morgan fingerprint density at radius 1 is 1.26 bits per heavy atom. The number of carbonyl (C=O) groups excluding carboxylic acids is 1. The molecular formula is C16H28Cl2N4O. The van der Waals surface area contributed by atoms with Crippen LogP contribution in [0.25, 0.3) is 0 Å². The van der Waals surface area contributed by atoms with Crippen LogP contribution in [-0.2, 0) is 11.8 Å². The maximum atomic E-state index is 12.7. The van der Waals surface area contributed by atoms with Gasteiger partial charge in [0.25, 0.3) is 0 Å². The van der Waals surface area contributed by atoms with E-state index in [2.05, 4.69) is 10.00 Å². The molecule has 7 heteroatoms. The summed E-state index contributed by atoms with van der Waals surface area (Å²) in [6.45, 7) is 0.875. The highest BCUT2D eigenvalue weighted by Gasteiger charge is 2.33. The van der Waals surface area contributed by atoms with Crippen LogP contribution < -0.4 is 5.73 Å². The molecule has 1 aliphatic carbocycles. The second-order valence-corrected chi connectivity index (χ2v) is 6.61. The summed E-state index contributed by atoms with van der Waals surface area (Å²) in [5, 5.41) is 4.24. The molecule has 0 radical (unpaired) electrons. The van der Waals surface area contributed by atoms with Gasteiger partial charge >= 0.3 is 0 Å². The zero-order valence-electron chi connectivity index (χ0n) is 13.7. The average molecular weight is 363 g/mol. The van der Waals surface area contributed by atoms with E-state index >= 15 is 0 Å². The third-order valence-electron chi connectivity index (χ3n) is 5.09. The number of amides is 1. The number of carbonyl (C=O) groups is 1. The van der Waals surface area contributed by atoms with E-state index in [1.165, 1.54) is 12.8 Å². The molecule has 1 aliphatic heterocycles. The lowest BCUT2D eigenvalue weighted by molar-refractivity contribution is -0.133. The van der Waals surface area contributed by atoms with Gasteiger partial charge in [0, 0.05) is 37.8 Å². The smallest absolute Gasteiger partial charge is 0.223 e. The van der Waals surface area contributed by atoms with Gasteiger partial charge in [-0.2, -0.15) is 5.10 Å². The van der Waals surface area contributed by atoms with Crippen molar-refractivity contribution in [1.29, 1.82) is 0 Å². The molecule has 1 aromatic rings. The topological polar surface area (TPSA) is 64.2 Å². The van der Waals surface area contributed by atoms with E-state index in [4.69, 9.17) is 5.73 Å². The molecule has 1 aromatic heterocycles. The summed E-state index contributed by atoms with van der Waals surface area (Å²) in [4.78, 5) is 14.7. The summed E-state index contributed by atoms with van der Waals surface area (Å²) >= 11 is 0. The highest BCUT2D eigenvalue weighted by Crippen LogP contribution is 2.34. The molecule has 1 amide bonds. The lowest BCUT2D eigenvalue weighted by Gasteiger charge is -2.31. The fourth-order valence-electron chi connectivity index (χ4n) is 3.86. The van der Waals surface area contributed by atoms with Crippen molar-refractivity contribution in [2.24, 2.45) is 18.7 Å². The van der Waals surface area contributed by atoms with Gasteiger partial charge in [-0.1, -0.05) is 12.8 Å². The van der Waals surface area contributed by atoms with Crippen molar-refractivity contribution in [3.63, 3.8) is 0 Å². The van der Waals surface area contributed by atoms with Crippen molar-refractivity contribution < 1.29 is 4.79 Å². The number of aryl methyl sites for hydroxylation is 1. The molecular weight excluding hydrogens is 335 g/mol. The summed E-state index contributed by atoms with van der Waals surface area (Å²) in [6.07, 6.45) is 11.3. The first-order valence-corrected chi connectivity index (χ1v) is 8.19. The summed E-state index contributed by atoms with van der Waals surface area (Å²) in [6, 6.07) is 0.424. The second kappa shape index (κ2) is 8.90. The molecule has 3 unspecified atom stereocenters. The third kappa shape index (κ3) is 4.61. The van der Waals surface area contributed by atoms with E-state index < -0.39 is 0 Å². The summed E-state index contributed by atoms with van der Waals surface area (Å²) in [5.41, 5.74) is 7.35. The van der Waals surface area contributed by atoms with Crippen LogP contribution in [0.5, 0.6) is 0 Å². The predicted molar refractivity (Wildman–Crippen MR) is 95.9 cm³/mol. The molecule has 1 saturated carbocycles. The fourth-order valence-corrected chi connectivity index (χ4v) is 3.86. The second-order valence-electron chi connectivity index (χ2n) is 6.61. The molecule has 23 heavy (non-hydrogen) atoms. The molecule has 2 aliphatic rings. The van der Waals surface area contributed by atoms with E-state index in [0.29, 0.717) is 12.3 Å². The number of rotatable bonds is 3. The van der Waals surface area contributed by atoms with Crippen molar-refractivity contribution in [1.82, 2.24) is 14.7 Å².